The Morgan fingerprint density at radius 3 is 2.37 bits per heavy atom. The van der Waals surface area contributed by atoms with Crippen molar-refractivity contribution >= 4 is 69.4 Å². The third-order valence-electron chi connectivity index (χ3n) is 5.13. The van der Waals surface area contributed by atoms with Gasteiger partial charge in [-0.3, -0.25) is 0 Å². The molecule has 128 valence electrons. The van der Waals surface area contributed by atoms with Crippen LogP contribution in [0, 0.1) is 0 Å². The molecule has 1 nitrogen and oxygen atoms in total. The highest BCUT2D eigenvalue weighted by molar-refractivity contribution is 9.10. The summed E-state index contributed by atoms with van der Waals surface area (Å²) < 4.78 is 9.74. The van der Waals surface area contributed by atoms with E-state index in [4.69, 9.17) is 4.42 Å². The van der Waals surface area contributed by atoms with Crippen LogP contribution < -0.4 is 0 Å². The van der Waals surface area contributed by atoms with Crippen LogP contribution in [0.4, 0.5) is 0 Å². The van der Waals surface area contributed by atoms with Crippen LogP contribution in [-0.4, -0.2) is 0 Å². The summed E-state index contributed by atoms with van der Waals surface area (Å²) in [5, 5.41) is 4.95. The molecule has 0 fully saturated rings. The fourth-order valence-electron chi connectivity index (χ4n) is 3.90. The molecule has 6 aromatic rings. The van der Waals surface area contributed by atoms with Crippen LogP contribution in [0.15, 0.2) is 87.8 Å². The molecular formula is C24H13BrOS. The number of hydrogen-bond donors (Lipinski definition) is 0. The van der Waals surface area contributed by atoms with Crippen molar-refractivity contribution in [1.82, 2.24) is 0 Å². The van der Waals surface area contributed by atoms with Crippen LogP contribution >= 0.6 is 27.3 Å². The van der Waals surface area contributed by atoms with Crippen LogP contribution in [0.2, 0.25) is 0 Å². The topological polar surface area (TPSA) is 13.1 Å². The van der Waals surface area contributed by atoms with Gasteiger partial charge in [-0.05, 0) is 42.0 Å². The Kier molecular flexibility index (Phi) is 3.25. The molecule has 0 N–H and O–H groups in total. The first-order valence-corrected chi connectivity index (χ1v) is 10.4. The Labute approximate surface area is 168 Å². The van der Waals surface area contributed by atoms with E-state index in [0.717, 1.165) is 26.4 Å². The van der Waals surface area contributed by atoms with Gasteiger partial charge < -0.3 is 4.42 Å². The predicted octanol–water partition coefficient (Wildman–Crippen LogP) is 8.38. The normalized spacial score (nSPS) is 11.9. The number of benzene rings is 4. The molecular weight excluding hydrogens is 416 g/mol. The van der Waals surface area contributed by atoms with Crippen molar-refractivity contribution in [2.75, 3.05) is 0 Å². The lowest BCUT2D eigenvalue weighted by Crippen LogP contribution is -1.80. The second-order valence-electron chi connectivity index (χ2n) is 6.74. The number of thiophene rings is 1. The highest BCUT2D eigenvalue weighted by Gasteiger charge is 2.14. The van der Waals surface area contributed by atoms with Crippen molar-refractivity contribution in [2.45, 2.75) is 0 Å². The average Bonchev–Trinajstić information content (AvgIpc) is 3.25. The SMILES string of the molecule is Brc1cc(-c2ccc3oc4ccccc4c3c2)c2sc3ccccc3c2c1. The highest BCUT2D eigenvalue weighted by atomic mass is 79.9. The minimum absolute atomic E-state index is 0.933. The van der Waals surface area contributed by atoms with Crippen molar-refractivity contribution in [3.05, 3.63) is 83.3 Å². The van der Waals surface area contributed by atoms with E-state index < -0.39 is 0 Å². The van der Waals surface area contributed by atoms with Crippen molar-refractivity contribution in [2.24, 2.45) is 0 Å². The first-order chi connectivity index (χ1) is 13.3. The molecule has 0 atom stereocenters. The molecule has 0 unspecified atom stereocenters. The first kappa shape index (κ1) is 15.4. The second kappa shape index (κ2) is 5.69. The third kappa shape index (κ3) is 2.29. The molecule has 0 aliphatic rings. The summed E-state index contributed by atoms with van der Waals surface area (Å²) in [4.78, 5) is 0. The van der Waals surface area contributed by atoms with Gasteiger partial charge in [-0.25, -0.2) is 0 Å². The first-order valence-electron chi connectivity index (χ1n) is 8.80. The molecule has 27 heavy (non-hydrogen) atoms. The van der Waals surface area contributed by atoms with Gasteiger partial charge in [0.1, 0.15) is 11.2 Å². The van der Waals surface area contributed by atoms with E-state index >= 15 is 0 Å². The zero-order valence-electron chi connectivity index (χ0n) is 14.2. The van der Waals surface area contributed by atoms with Gasteiger partial charge in [0.25, 0.3) is 0 Å². The molecule has 2 heterocycles. The maximum absolute atomic E-state index is 6.00. The molecule has 4 aromatic carbocycles. The molecule has 6 rings (SSSR count). The molecule has 0 spiro atoms. The lowest BCUT2D eigenvalue weighted by molar-refractivity contribution is 0.669. The molecule has 0 amide bonds. The van der Waals surface area contributed by atoms with E-state index in [1.165, 1.54) is 31.3 Å². The van der Waals surface area contributed by atoms with Crippen molar-refractivity contribution < 1.29 is 4.42 Å². The standard InChI is InChI=1S/C24H13BrOS/c25-15-12-18(24-20(13-15)17-6-2-4-8-23(17)27-24)14-9-10-22-19(11-14)16-5-1-3-7-21(16)26-22/h1-13H. The summed E-state index contributed by atoms with van der Waals surface area (Å²) in [5.41, 5.74) is 4.34. The minimum Gasteiger partial charge on any atom is -0.456 e. The molecule has 0 aliphatic heterocycles. The largest absolute Gasteiger partial charge is 0.456 e. The van der Waals surface area contributed by atoms with Crippen LogP contribution in [-0.2, 0) is 0 Å². The van der Waals surface area contributed by atoms with Crippen molar-refractivity contribution in [3.63, 3.8) is 0 Å². The zero-order valence-corrected chi connectivity index (χ0v) is 16.6. The number of para-hydroxylation sites is 1. The van der Waals surface area contributed by atoms with Gasteiger partial charge in [-0.15, -0.1) is 11.3 Å². The summed E-state index contributed by atoms with van der Waals surface area (Å²) in [6, 6.07) is 27.8. The van der Waals surface area contributed by atoms with Gasteiger partial charge in [0.05, 0.1) is 0 Å². The fraction of sp³-hybridized carbons (Fsp3) is 0. The van der Waals surface area contributed by atoms with Gasteiger partial charge in [0.2, 0.25) is 0 Å². The highest BCUT2D eigenvalue weighted by Crippen LogP contribution is 2.42. The Balaban J connectivity index is 1.70. The number of fused-ring (bicyclic) bond motifs is 6. The third-order valence-corrected chi connectivity index (χ3v) is 6.81. The monoisotopic (exact) mass is 428 g/mol. The van der Waals surface area contributed by atoms with E-state index in [2.05, 4.69) is 82.7 Å². The lowest BCUT2D eigenvalue weighted by Gasteiger charge is -2.05. The van der Waals surface area contributed by atoms with E-state index in [1.54, 1.807) is 0 Å². The van der Waals surface area contributed by atoms with Gasteiger partial charge in [-0.2, -0.15) is 0 Å². The van der Waals surface area contributed by atoms with Gasteiger partial charge >= 0.3 is 0 Å². The molecule has 0 bridgehead atoms. The van der Waals surface area contributed by atoms with Crippen LogP contribution in [0.25, 0.3) is 53.2 Å². The number of rotatable bonds is 1. The summed E-state index contributed by atoms with van der Waals surface area (Å²) in [6.45, 7) is 0. The smallest absolute Gasteiger partial charge is 0.135 e. The number of hydrogen-bond acceptors (Lipinski definition) is 2. The molecule has 0 saturated carbocycles. The van der Waals surface area contributed by atoms with Gasteiger partial charge in [0, 0.05) is 41.0 Å². The molecule has 0 saturated heterocycles. The average molecular weight is 429 g/mol. The van der Waals surface area contributed by atoms with E-state index in [-0.39, 0.29) is 0 Å². The summed E-state index contributed by atoms with van der Waals surface area (Å²) in [5.74, 6) is 0. The van der Waals surface area contributed by atoms with E-state index in [9.17, 15) is 0 Å². The molecule has 0 radical (unpaired) electrons. The summed E-state index contributed by atoms with van der Waals surface area (Å²) >= 11 is 5.58. The Bertz CT molecular complexity index is 1490. The quantitative estimate of drug-likeness (QED) is 0.256. The number of halogens is 1. The molecule has 3 heteroatoms. The van der Waals surface area contributed by atoms with Crippen LogP contribution in [0.1, 0.15) is 0 Å². The second-order valence-corrected chi connectivity index (χ2v) is 8.71. The van der Waals surface area contributed by atoms with Gasteiger partial charge in [0.15, 0.2) is 0 Å². The Morgan fingerprint density at radius 2 is 1.44 bits per heavy atom. The zero-order chi connectivity index (χ0) is 18.0. The van der Waals surface area contributed by atoms with E-state index in [0.29, 0.717) is 0 Å². The van der Waals surface area contributed by atoms with E-state index in [1.807, 2.05) is 23.5 Å². The summed E-state index contributed by atoms with van der Waals surface area (Å²) in [6.07, 6.45) is 0. The van der Waals surface area contributed by atoms with Crippen molar-refractivity contribution in [1.29, 1.82) is 0 Å². The fourth-order valence-corrected chi connectivity index (χ4v) is 5.58. The predicted molar refractivity (Wildman–Crippen MR) is 120 cm³/mol. The van der Waals surface area contributed by atoms with Crippen molar-refractivity contribution in [3.8, 4) is 11.1 Å². The maximum Gasteiger partial charge on any atom is 0.135 e. The molecule has 2 aromatic heterocycles. The number of furan rings is 1. The van der Waals surface area contributed by atoms with Crippen LogP contribution in [0.5, 0.6) is 0 Å². The maximum atomic E-state index is 6.00. The minimum atomic E-state index is 0.933. The van der Waals surface area contributed by atoms with Crippen LogP contribution in [0.3, 0.4) is 0 Å². The Hall–Kier alpha value is -2.62. The van der Waals surface area contributed by atoms with Gasteiger partial charge in [-0.1, -0.05) is 58.4 Å². The summed E-state index contributed by atoms with van der Waals surface area (Å²) in [7, 11) is 0. The molecule has 0 aliphatic carbocycles. The Morgan fingerprint density at radius 1 is 0.667 bits per heavy atom. The lowest BCUT2D eigenvalue weighted by atomic mass is 10.0.